The summed E-state index contributed by atoms with van der Waals surface area (Å²) in [5.41, 5.74) is 6.08. The maximum atomic E-state index is 11.5. The second-order valence-electron chi connectivity index (χ2n) is 5.73. The number of nitrogens with two attached hydrogens (primary N) is 1. The number of amides is 1. The van der Waals surface area contributed by atoms with Crippen LogP contribution < -0.4 is 11.1 Å². The van der Waals surface area contributed by atoms with Gasteiger partial charge in [-0.1, -0.05) is 27.7 Å². The van der Waals surface area contributed by atoms with E-state index in [1.807, 2.05) is 0 Å². The molecule has 1 rings (SSSR count). The summed E-state index contributed by atoms with van der Waals surface area (Å²) in [5, 5.41) is 2.92. The molecule has 0 spiro atoms. The zero-order valence-electron chi connectivity index (χ0n) is 10.9. The standard InChI is InChI=1S/C12H25N3O/c1-9(2)5-14-11(16)6-15-7-12(13,8-15)10(3)4/h9-10H,5-8,13H2,1-4H3,(H,14,16). The molecule has 1 fully saturated rings. The van der Waals surface area contributed by atoms with Gasteiger partial charge in [0, 0.05) is 25.2 Å². The van der Waals surface area contributed by atoms with Gasteiger partial charge in [0.25, 0.3) is 0 Å². The Hall–Kier alpha value is -0.610. The van der Waals surface area contributed by atoms with E-state index < -0.39 is 0 Å². The fourth-order valence-electron chi connectivity index (χ4n) is 1.84. The van der Waals surface area contributed by atoms with Crippen molar-refractivity contribution in [2.45, 2.75) is 33.2 Å². The van der Waals surface area contributed by atoms with Crippen LogP contribution in [0.2, 0.25) is 0 Å². The highest BCUT2D eigenvalue weighted by atomic mass is 16.2. The van der Waals surface area contributed by atoms with Gasteiger partial charge in [0.05, 0.1) is 6.54 Å². The third kappa shape index (κ3) is 3.46. The number of hydrogen-bond donors (Lipinski definition) is 2. The lowest BCUT2D eigenvalue weighted by atomic mass is 9.80. The summed E-state index contributed by atoms with van der Waals surface area (Å²) in [4.78, 5) is 13.6. The van der Waals surface area contributed by atoms with E-state index in [1.54, 1.807) is 0 Å². The van der Waals surface area contributed by atoms with E-state index in [-0.39, 0.29) is 11.4 Å². The molecule has 1 aliphatic heterocycles. The Labute approximate surface area is 98.6 Å². The first-order chi connectivity index (χ1) is 7.33. The van der Waals surface area contributed by atoms with Crippen molar-refractivity contribution >= 4 is 5.91 Å². The normalized spacial score (nSPS) is 19.9. The highest BCUT2D eigenvalue weighted by Crippen LogP contribution is 2.25. The Morgan fingerprint density at radius 2 is 1.94 bits per heavy atom. The molecule has 16 heavy (non-hydrogen) atoms. The number of carbonyl (C=O) groups excluding carboxylic acids is 1. The Kier molecular flexibility index (Phi) is 4.33. The fraction of sp³-hybridized carbons (Fsp3) is 0.917. The molecule has 1 heterocycles. The van der Waals surface area contributed by atoms with Crippen LogP contribution in [0, 0.1) is 11.8 Å². The van der Waals surface area contributed by atoms with Crippen LogP contribution in [0.25, 0.3) is 0 Å². The molecule has 0 bridgehead atoms. The Balaban J connectivity index is 2.19. The average Bonchev–Trinajstić information content (AvgIpc) is 2.11. The van der Waals surface area contributed by atoms with E-state index in [4.69, 9.17) is 5.73 Å². The minimum atomic E-state index is -0.0850. The quantitative estimate of drug-likeness (QED) is 0.716. The molecule has 4 nitrogen and oxygen atoms in total. The minimum Gasteiger partial charge on any atom is -0.355 e. The smallest absolute Gasteiger partial charge is 0.234 e. The Bertz CT molecular complexity index is 245. The average molecular weight is 227 g/mol. The first-order valence-corrected chi connectivity index (χ1v) is 6.11. The molecule has 0 unspecified atom stereocenters. The van der Waals surface area contributed by atoms with Gasteiger partial charge in [-0.2, -0.15) is 0 Å². The van der Waals surface area contributed by atoms with Gasteiger partial charge in [-0.05, 0) is 11.8 Å². The second-order valence-corrected chi connectivity index (χ2v) is 5.73. The van der Waals surface area contributed by atoms with Gasteiger partial charge in [0.15, 0.2) is 0 Å². The predicted molar refractivity (Wildman–Crippen MR) is 66.0 cm³/mol. The van der Waals surface area contributed by atoms with Crippen LogP contribution in [0.4, 0.5) is 0 Å². The molecule has 0 aromatic heterocycles. The topological polar surface area (TPSA) is 58.4 Å². The number of nitrogens with zero attached hydrogens (tertiary/aromatic N) is 1. The molecule has 1 aliphatic rings. The number of rotatable bonds is 5. The van der Waals surface area contributed by atoms with Gasteiger partial charge in [-0.3, -0.25) is 9.69 Å². The van der Waals surface area contributed by atoms with E-state index in [0.29, 0.717) is 18.4 Å². The summed E-state index contributed by atoms with van der Waals surface area (Å²) >= 11 is 0. The summed E-state index contributed by atoms with van der Waals surface area (Å²) in [6.45, 7) is 11.4. The van der Waals surface area contributed by atoms with Crippen molar-refractivity contribution in [3.05, 3.63) is 0 Å². The van der Waals surface area contributed by atoms with Crippen LogP contribution in [-0.4, -0.2) is 42.5 Å². The largest absolute Gasteiger partial charge is 0.355 e. The van der Waals surface area contributed by atoms with E-state index in [9.17, 15) is 4.79 Å². The zero-order chi connectivity index (χ0) is 12.3. The van der Waals surface area contributed by atoms with Crippen LogP contribution in [-0.2, 0) is 4.79 Å². The highest BCUT2D eigenvalue weighted by Gasteiger charge is 2.42. The molecule has 1 amide bonds. The lowest BCUT2D eigenvalue weighted by Gasteiger charge is -2.50. The van der Waals surface area contributed by atoms with Gasteiger partial charge < -0.3 is 11.1 Å². The van der Waals surface area contributed by atoms with Crippen molar-refractivity contribution < 1.29 is 4.79 Å². The van der Waals surface area contributed by atoms with Crippen LogP contribution in [0.3, 0.4) is 0 Å². The van der Waals surface area contributed by atoms with Crippen molar-refractivity contribution in [2.24, 2.45) is 17.6 Å². The third-order valence-corrected chi connectivity index (χ3v) is 3.26. The lowest BCUT2D eigenvalue weighted by Crippen LogP contribution is -2.70. The van der Waals surface area contributed by atoms with Gasteiger partial charge >= 0.3 is 0 Å². The molecule has 0 atom stereocenters. The molecule has 3 N–H and O–H groups in total. The van der Waals surface area contributed by atoms with E-state index in [2.05, 4.69) is 37.9 Å². The zero-order valence-corrected chi connectivity index (χ0v) is 10.9. The van der Waals surface area contributed by atoms with Crippen molar-refractivity contribution in [3.8, 4) is 0 Å². The van der Waals surface area contributed by atoms with Crippen LogP contribution in [0.1, 0.15) is 27.7 Å². The molecule has 0 aromatic rings. The van der Waals surface area contributed by atoms with Gasteiger partial charge in [0.2, 0.25) is 5.91 Å². The number of hydrogen-bond acceptors (Lipinski definition) is 3. The fourth-order valence-corrected chi connectivity index (χ4v) is 1.84. The second kappa shape index (κ2) is 5.15. The maximum absolute atomic E-state index is 11.5. The summed E-state index contributed by atoms with van der Waals surface area (Å²) in [5.74, 6) is 1.09. The molecule has 0 radical (unpaired) electrons. The molecule has 0 saturated carbocycles. The van der Waals surface area contributed by atoms with Gasteiger partial charge in [-0.25, -0.2) is 0 Å². The number of nitrogens with one attached hydrogen (secondary N) is 1. The van der Waals surface area contributed by atoms with Crippen LogP contribution in [0.15, 0.2) is 0 Å². The Morgan fingerprint density at radius 1 is 1.38 bits per heavy atom. The summed E-state index contributed by atoms with van der Waals surface area (Å²) in [6, 6.07) is 0. The Morgan fingerprint density at radius 3 is 2.38 bits per heavy atom. The number of carbonyl (C=O) groups is 1. The SMILES string of the molecule is CC(C)CNC(=O)CN1CC(N)(C(C)C)C1. The minimum absolute atomic E-state index is 0.0850. The van der Waals surface area contributed by atoms with Gasteiger partial charge in [0.1, 0.15) is 0 Å². The van der Waals surface area contributed by atoms with Crippen LogP contribution >= 0.6 is 0 Å². The van der Waals surface area contributed by atoms with Crippen LogP contribution in [0.5, 0.6) is 0 Å². The molecule has 4 heteroatoms. The van der Waals surface area contributed by atoms with E-state index in [1.165, 1.54) is 0 Å². The first kappa shape index (κ1) is 13.5. The molecule has 0 aromatic carbocycles. The number of likely N-dealkylation sites (tertiary alicyclic amines) is 1. The van der Waals surface area contributed by atoms with Crippen molar-refractivity contribution in [3.63, 3.8) is 0 Å². The molecular formula is C12H25N3O. The summed E-state index contributed by atoms with van der Waals surface area (Å²) < 4.78 is 0. The lowest BCUT2D eigenvalue weighted by molar-refractivity contribution is -0.124. The molecule has 1 saturated heterocycles. The monoisotopic (exact) mass is 227 g/mol. The maximum Gasteiger partial charge on any atom is 0.234 e. The summed E-state index contributed by atoms with van der Waals surface area (Å²) in [7, 11) is 0. The third-order valence-electron chi connectivity index (χ3n) is 3.26. The first-order valence-electron chi connectivity index (χ1n) is 6.11. The van der Waals surface area contributed by atoms with Crippen molar-refractivity contribution in [2.75, 3.05) is 26.2 Å². The molecule has 94 valence electrons. The summed E-state index contributed by atoms with van der Waals surface area (Å²) in [6.07, 6.45) is 0. The highest BCUT2D eigenvalue weighted by molar-refractivity contribution is 5.78. The predicted octanol–water partition coefficient (Wildman–Crippen LogP) is 0.428. The molecular weight excluding hydrogens is 202 g/mol. The van der Waals surface area contributed by atoms with Crippen molar-refractivity contribution in [1.82, 2.24) is 10.2 Å². The van der Waals surface area contributed by atoms with Crippen molar-refractivity contribution in [1.29, 1.82) is 0 Å². The van der Waals surface area contributed by atoms with Gasteiger partial charge in [-0.15, -0.1) is 0 Å². The van der Waals surface area contributed by atoms with E-state index in [0.717, 1.165) is 19.6 Å². The molecule has 0 aliphatic carbocycles. The van der Waals surface area contributed by atoms with E-state index >= 15 is 0 Å².